The molecule has 0 saturated carbocycles. The smallest absolute Gasteiger partial charge is 0.137 e. The minimum Gasteiger partial charge on any atom is -0.309 e. The van der Waals surface area contributed by atoms with Gasteiger partial charge in [0.2, 0.25) is 0 Å². The normalized spacial score (nSPS) is 21.3. The van der Waals surface area contributed by atoms with Crippen LogP contribution in [-0.2, 0) is 0 Å². The zero-order chi connectivity index (χ0) is 10.3. The third-order valence-corrected chi connectivity index (χ3v) is 3.52. The number of hydrogen-bond donors (Lipinski definition) is 1. The van der Waals surface area contributed by atoms with Crippen LogP contribution in [0.25, 0.3) is 5.65 Å². The van der Waals surface area contributed by atoms with Gasteiger partial charge < -0.3 is 5.32 Å². The zero-order valence-electron chi connectivity index (χ0n) is 8.28. The first-order valence-corrected chi connectivity index (χ1v) is 6.01. The predicted octanol–water partition coefficient (Wildman–Crippen LogP) is 2.52. The first-order chi connectivity index (χ1) is 7.34. The average Bonchev–Trinajstić information content (AvgIpc) is 2.86. The van der Waals surface area contributed by atoms with Crippen LogP contribution in [0.3, 0.4) is 0 Å². The number of aromatic nitrogens is 2. The van der Waals surface area contributed by atoms with Crippen molar-refractivity contribution in [1.82, 2.24) is 14.7 Å². The molecule has 0 bridgehead atoms. The molecule has 0 radical (unpaired) electrons. The Kier molecular flexibility index (Phi) is 2.25. The van der Waals surface area contributed by atoms with Crippen molar-refractivity contribution in [3.05, 3.63) is 34.7 Å². The number of rotatable bonds is 1. The SMILES string of the molecule is Brc1cccc2nc(C3CCCN3)cn12. The largest absolute Gasteiger partial charge is 0.309 e. The Balaban J connectivity index is 2.09. The summed E-state index contributed by atoms with van der Waals surface area (Å²) in [6, 6.07) is 6.51. The van der Waals surface area contributed by atoms with E-state index in [0.717, 1.165) is 22.5 Å². The van der Waals surface area contributed by atoms with Crippen LogP contribution >= 0.6 is 15.9 Å². The molecule has 3 heterocycles. The lowest BCUT2D eigenvalue weighted by atomic mass is 10.2. The van der Waals surface area contributed by atoms with Crippen LogP contribution < -0.4 is 5.32 Å². The number of pyridine rings is 1. The highest BCUT2D eigenvalue weighted by Gasteiger charge is 2.19. The van der Waals surface area contributed by atoms with Gasteiger partial charge >= 0.3 is 0 Å². The summed E-state index contributed by atoms with van der Waals surface area (Å²) in [5, 5.41) is 3.46. The molecular formula is C11H12BrN3. The summed E-state index contributed by atoms with van der Waals surface area (Å²) < 4.78 is 3.13. The number of hydrogen-bond acceptors (Lipinski definition) is 2. The lowest BCUT2D eigenvalue weighted by Crippen LogP contribution is -2.12. The fraction of sp³-hybridized carbons (Fsp3) is 0.364. The fourth-order valence-electron chi connectivity index (χ4n) is 2.10. The van der Waals surface area contributed by atoms with Gasteiger partial charge in [0.1, 0.15) is 5.65 Å². The molecule has 1 atom stereocenters. The molecule has 0 aliphatic carbocycles. The second kappa shape index (κ2) is 3.61. The van der Waals surface area contributed by atoms with Gasteiger partial charge in [0.05, 0.1) is 16.3 Å². The van der Waals surface area contributed by atoms with E-state index >= 15 is 0 Å². The summed E-state index contributed by atoms with van der Waals surface area (Å²) in [7, 11) is 0. The van der Waals surface area contributed by atoms with Crippen molar-refractivity contribution in [2.75, 3.05) is 6.54 Å². The van der Waals surface area contributed by atoms with E-state index in [4.69, 9.17) is 0 Å². The molecule has 1 N–H and O–H groups in total. The monoisotopic (exact) mass is 265 g/mol. The maximum absolute atomic E-state index is 4.63. The second-order valence-electron chi connectivity index (χ2n) is 3.89. The van der Waals surface area contributed by atoms with E-state index in [2.05, 4.69) is 36.8 Å². The molecule has 4 heteroatoms. The van der Waals surface area contributed by atoms with Gasteiger partial charge in [-0.2, -0.15) is 0 Å². The van der Waals surface area contributed by atoms with Crippen molar-refractivity contribution in [3.8, 4) is 0 Å². The summed E-state index contributed by atoms with van der Waals surface area (Å²) >= 11 is 3.52. The summed E-state index contributed by atoms with van der Waals surface area (Å²) in [4.78, 5) is 4.63. The first-order valence-electron chi connectivity index (χ1n) is 5.21. The quantitative estimate of drug-likeness (QED) is 0.804. The first kappa shape index (κ1) is 9.36. The van der Waals surface area contributed by atoms with Crippen molar-refractivity contribution < 1.29 is 0 Å². The molecule has 2 aromatic heterocycles. The summed E-state index contributed by atoms with van der Waals surface area (Å²) in [5.74, 6) is 0. The molecular weight excluding hydrogens is 254 g/mol. The Hall–Kier alpha value is -0.870. The topological polar surface area (TPSA) is 29.3 Å². The fourth-order valence-corrected chi connectivity index (χ4v) is 2.54. The lowest BCUT2D eigenvalue weighted by molar-refractivity contribution is 0.632. The molecule has 3 nitrogen and oxygen atoms in total. The Morgan fingerprint density at radius 1 is 1.47 bits per heavy atom. The number of imidazole rings is 1. The molecule has 0 amide bonds. The minimum atomic E-state index is 0.441. The van der Waals surface area contributed by atoms with Crippen molar-refractivity contribution in [3.63, 3.8) is 0 Å². The molecule has 1 saturated heterocycles. The van der Waals surface area contributed by atoms with E-state index in [9.17, 15) is 0 Å². The lowest BCUT2D eigenvalue weighted by Gasteiger charge is -2.04. The average molecular weight is 266 g/mol. The van der Waals surface area contributed by atoms with Gasteiger partial charge in [-0.1, -0.05) is 6.07 Å². The van der Waals surface area contributed by atoms with Gasteiger partial charge in [0.25, 0.3) is 0 Å². The Labute approximate surface area is 96.6 Å². The molecule has 3 rings (SSSR count). The van der Waals surface area contributed by atoms with Crippen LogP contribution in [0, 0.1) is 0 Å². The Morgan fingerprint density at radius 2 is 2.40 bits per heavy atom. The van der Waals surface area contributed by atoms with E-state index in [1.54, 1.807) is 0 Å². The third-order valence-electron chi connectivity index (χ3n) is 2.88. The standard InChI is InChI=1S/C11H12BrN3/c12-10-4-1-5-11-14-9(7-15(10)11)8-3-2-6-13-8/h1,4-5,7-8,13H,2-3,6H2. The molecule has 0 aromatic carbocycles. The van der Waals surface area contributed by atoms with Crippen LogP contribution in [0.15, 0.2) is 29.0 Å². The van der Waals surface area contributed by atoms with E-state index in [0.29, 0.717) is 6.04 Å². The Morgan fingerprint density at radius 3 is 3.13 bits per heavy atom. The molecule has 0 spiro atoms. The summed E-state index contributed by atoms with van der Waals surface area (Å²) in [5.41, 5.74) is 2.16. The van der Waals surface area contributed by atoms with Gasteiger partial charge in [0, 0.05) is 6.20 Å². The highest BCUT2D eigenvalue weighted by atomic mass is 79.9. The van der Waals surface area contributed by atoms with Gasteiger partial charge in [-0.15, -0.1) is 0 Å². The number of nitrogens with one attached hydrogen (secondary N) is 1. The van der Waals surface area contributed by atoms with Crippen LogP contribution in [0.5, 0.6) is 0 Å². The van der Waals surface area contributed by atoms with E-state index < -0.39 is 0 Å². The number of nitrogens with zero attached hydrogens (tertiary/aromatic N) is 2. The van der Waals surface area contributed by atoms with Crippen molar-refractivity contribution >= 4 is 21.6 Å². The molecule has 15 heavy (non-hydrogen) atoms. The van der Waals surface area contributed by atoms with Gasteiger partial charge in [-0.05, 0) is 47.4 Å². The molecule has 78 valence electrons. The maximum Gasteiger partial charge on any atom is 0.137 e. The number of fused-ring (bicyclic) bond motifs is 1. The predicted molar refractivity (Wildman–Crippen MR) is 62.9 cm³/mol. The zero-order valence-corrected chi connectivity index (χ0v) is 9.87. The van der Waals surface area contributed by atoms with Gasteiger partial charge in [-0.25, -0.2) is 4.98 Å². The maximum atomic E-state index is 4.63. The van der Waals surface area contributed by atoms with E-state index in [1.807, 2.05) is 18.2 Å². The molecule has 1 fully saturated rings. The highest BCUT2D eigenvalue weighted by Crippen LogP contribution is 2.24. The van der Waals surface area contributed by atoms with Crippen LogP contribution in [0.1, 0.15) is 24.6 Å². The summed E-state index contributed by atoms with van der Waals surface area (Å²) in [6.07, 6.45) is 4.56. The van der Waals surface area contributed by atoms with Gasteiger partial charge in [-0.3, -0.25) is 4.40 Å². The van der Waals surface area contributed by atoms with Crippen LogP contribution in [0.4, 0.5) is 0 Å². The highest BCUT2D eigenvalue weighted by molar-refractivity contribution is 9.10. The van der Waals surface area contributed by atoms with Crippen LogP contribution in [-0.4, -0.2) is 15.9 Å². The van der Waals surface area contributed by atoms with E-state index in [1.165, 1.54) is 12.8 Å². The van der Waals surface area contributed by atoms with Gasteiger partial charge in [0.15, 0.2) is 0 Å². The third kappa shape index (κ3) is 1.58. The Bertz CT molecular complexity index is 486. The molecule has 1 aliphatic heterocycles. The minimum absolute atomic E-state index is 0.441. The molecule has 2 aromatic rings. The molecule has 1 unspecified atom stereocenters. The van der Waals surface area contributed by atoms with E-state index in [-0.39, 0.29) is 0 Å². The van der Waals surface area contributed by atoms with Crippen molar-refractivity contribution in [2.45, 2.75) is 18.9 Å². The number of halogens is 1. The second-order valence-corrected chi connectivity index (χ2v) is 4.70. The van der Waals surface area contributed by atoms with Crippen molar-refractivity contribution in [2.24, 2.45) is 0 Å². The van der Waals surface area contributed by atoms with Crippen molar-refractivity contribution in [1.29, 1.82) is 0 Å². The summed E-state index contributed by atoms with van der Waals surface area (Å²) in [6.45, 7) is 1.11. The molecule has 1 aliphatic rings. The van der Waals surface area contributed by atoms with Crippen LogP contribution in [0.2, 0.25) is 0 Å².